The standard InChI is InChI=1S/C12H15NO4/c1-16-8-10(12(15)17-2)13-11(14)9-6-4-3-5-7-9/h3-7,10H,8H2,1-2H3,(H,13,14)/t10-/m1/s1. The summed E-state index contributed by atoms with van der Waals surface area (Å²) >= 11 is 0. The molecule has 0 spiro atoms. The van der Waals surface area contributed by atoms with Gasteiger partial charge in [0.05, 0.1) is 13.7 Å². The van der Waals surface area contributed by atoms with Crippen LogP contribution in [-0.4, -0.2) is 38.7 Å². The molecule has 1 rings (SSSR count). The Morgan fingerprint density at radius 2 is 1.88 bits per heavy atom. The Morgan fingerprint density at radius 1 is 1.24 bits per heavy atom. The van der Waals surface area contributed by atoms with Crippen LogP contribution in [0.5, 0.6) is 0 Å². The Hall–Kier alpha value is -1.88. The van der Waals surface area contributed by atoms with Crippen molar-refractivity contribution in [3.8, 4) is 0 Å². The molecule has 0 aliphatic heterocycles. The molecule has 1 aromatic rings. The third-order valence-corrected chi connectivity index (χ3v) is 2.16. The third kappa shape index (κ3) is 3.88. The molecule has 5 nitrogen and oxygen atoms in total. The van der Waals surface area contributed by atoms with Gasteiger partial charge in [0.25, 0.3) is 5.91 Å². The summed E-state index contributed by atoms with van der Waals surface area (Å²) in [6, 6.07) is 7.84. The van der Waals surface area contributed by atoms with Gasteiger partial charge in [-0.2, -0.15) is 0 Å². The number of esters is 1. The van der Waals surface area contributed by atoms with Crippen molar-refractivity contribution < 1.29 is 19.1 Å². The van der Waals surface area contributed by atoms with E-state index in [0.717, 1.165) is 0 Å². The van der Waals surface area contributed by atoms with Gasteiger partial charge < -0.3 is 14.8 Å². The van der Waals surface area contributed by atoms with Gasteiger partial charge >= 0.3 is 5.97 Å². The number of nitrogens with one attached hydrogen (secondary N) is 1. The molecule has 1 N–H and O–H groups in total. The van der Waals surface area contributed by atoms with Crippen molar-refractivity contribution in [3.05, 3.63) is 35.9 Å². The Morgan fingerprint density at radius 3 is 2.41 bits per heavy atom. The molecule has 1 atom stereocenters. The van der Waals surface area contributed by atoms with Gasteiger partial charge in [-0.15, -0.1) is 0 Å². The van der Waals surface area contributed by atoms with Crippen LogP contribution in [0.15, 0.2) is 30.3 Å². The molecule has 0 aliphatic carbocycles. The van der Waals surface area contributed by atoms with Gasteiger partial charge in [-0.05, 0) is 12.1 Å². The lowest BCUT2D eigenvalue weighted by molar-refractivity contribution is -0.144. The molecule has 0 unspecified atom stereocenters. The second-order valence-electron chi connectivity index (χ2n) is 3.37. The van der Waals surface area contributed by atoms with Crippen molar-refractivity contribution in [1.82, 2.24) is 5.32 Å². The van der Waals surface area contributed by atoms with Crippen LogP contribution < -0.4 is 5.32 Å². The zero-order valence-corrected chi connectivity index (χ0v) is 9.80. The van der Waals surface area contributed by atoms with Gasteiger partial charge in [0.2, 0.25) is 0 Å². The first-order chi connectivity index (χ1) is 8.19. The van der Waals surface area contributed by atoms with Crippen molar-refractivity contribution in [2.75, 3.05) is 20.8 Å². The van der Waals surface area contributed by atoms with E-state index in [1.807, 2.05) is 6.07 Å². The summed E-state index contributed by atoms with van der Waals surface area (Å²) in [5.74, 6) is -0.866. The van der Waals surface area contributed by atoms with E-state index in [2.05, 4.69) is 10.1 Å². The fraction of sp³-hybridized carbons (Fsp3) is 0.333. The van der Waals surface area contributed by atoms with Crippen molar-refractivity contribution in [3.63, 3.8) is 0 Å². The molecule has 0 aliphatic rings. The van der Waals surface area contributed by atoms with E-state index < -0.39 is 12.0 Å². The summed E-state index contributed by atoms with van der Waals surface area (Å²) in [6.07, 6.45) is 0. The maximum absolute atomic E-state index is 11.8. The number of ether oxygens (including phenoxy) is 2. The number of hydrogen-bond acceptors (Lipinski definition) is 4. The summed E-state index contributed by atoms with van der Waals surface area (Å²) in [5.41, 5.74) is 0.484. The van der Waals surface area contributed by atoms with Crippen molar-refractivity contribution in [2.24, 2.45) is 0 Å². The van der Waals surface area contributed by atoms with Gasteiger partial charge in [0, 0.05) is 12.7 Å². The maximum Gasteiger partial charge on any atom is 0.330 e. The molecule has 1 amide bonds. The summed E-state index contributed by atoms with van der Waals surface area (Å²) in [4.78, 5) is 23.1. The highest BCUT2D eigenvalue weighted by atomic mass is 16.5. The first-order valence-electron chi connectivity index (χ1n) is 5.11. The summed E-state index contributed by atoms with van der Waals surface area (Å²) in [6.45, 7) is 0.0746. The summed E-state index contributed by atoms with van der Waals surface area (Å²) < 4.78 is 9.42. The van der Waals surface area contributed by atoms with E-state index in [1.165, 1.54) is 14.2 Å². The minimum Gasteiger partial charge on any atom is -0.467 e. The molecular weight excluding hydrogens is 222 g/mol. The number of carbonyl (C=O) groups excluding carboxylic acids is 2. The predicted octanol–water partition coefficient (Wildman–Crippen LogP) is 0.604. The Balaban J connectivity index is 2.67. The highest BCUT2D eigenvalue weighted by Crippen LogP contribution is 1.99. The van der Waals surface area contributed by atoms with Crippen LogP contribution >= 0.6 is 0 Å². The largest absolute Gasteiger partial charge is 0.467 e. The zero-order valence-electron chi connectivity index (χ0n) is 9.80. The van der Waals surface area contributed by atoms with Crippen LogP contribution in [0.3, 0.4) is 0 Å². The molecule has 1 aromatic carbocycles. The van der Waals surface area contributed by atoms with Crippen LogP contribution in [0.1, 0.15) is 10.4 Å². The van der Waals surface area contributed by atoms with Crippen molar-refractivity contribution >= 4 is 11.9 Å². The molecule has 0 heterocycles. The smallest absolute Gasteiger partial charge is 0.330 e. The Labute approximate surface area is 99.7 Å². The van der Waals surface area contributed by atoms with E-state index in [9.17, 15) is 9.59 Å². The second kappa shape index (κ2) is 6.65. The molecular formula is C12H15NO4. The summed E-state index contributed by atoms with van der Waals surface area (Å²) in [5, 5.41) is 2.55. The quantitative estimate of drug-likeness (QED) is 0.762. The average molecular weight is 237 g/mol. The van der Waals surface area contributed by atoms with Gasteiger partial charge in [-0.3, -0.25) is 4.79 Å². The Bertz CT molecular complexity index is 377. The minimum absolute atomic E-state index is 0.0746. The normalized spacial score (nSPS) is 11.6. The maximum atomic E-state index is 11.8. The Kier molecular flexibility index (Phi) is 5.16. The molecule has 0 saturated carbocycles. The molecule has 0 saturated heterocycles. The lowest BCUT2D eigenvalue weighted by Gasteiger charge is -2.15. The molecule has 92 valence electrons. The lowest BCUT2D eigenvalue weighted by atomic mass is 10.2. The fourth-order valence-corrected chi connectivity index (χ4v) is 1.31. The number of benzene rings is 1. The number of methoxy groups -OCH3 is 2. The predicted molar refractivity (Wildman–Crippen MR) is 61.6 cm³/mol. The van der Waals surface area contributed by atoms with E-state index in [4.69, 9.17) is 4.74 Å². The van der Waals surface area contributed by atoms with Gasteiger partial charge in [0.1, 0.15) is 0 Å². The molecule has 0 bridgehead atoms. The summed E-state index contributed by atoms with van der Waals surface area (Å²) in [7, 11) is 2.71. The van der Waals surface area contributed by atoms with Gasteiger partial charge in [-0.1, -0.05) is 18.2 Å². The minimum atomic E-state index is -0.794. The SMILES string of the molecule is COC[C@@H](NC(=O)c1ccccc1)C(=O)OC. The van der Waals surface area contributed by atoms with Crippen LogP contribution in [0.4, 0.5) is 0 Å². The third-order valence-electron chi connectivity index (χ3n) is 2.16. The van der Waals surface area contributed by atoms with Crippen LogP contribution in [0, 0.1) is 0 Å². The first-order valence-corrected chi connectivity index (χ1v) is 5.11. The van der Waals surface area contributed by atoms with Gasteiger partial charge in [-0.25, -0.2) is 4.79 Å². The van der Waals surface area contributed by atoms with Crippen LogP contribution in [-0.2, 0) is 14.3 Å². The molecule has 0 aromatic heterocycles. The van der Waals surface area contributed by atoms with Crippen LogP contribution in [0.25, 0.3) is 0 Å². The number of amides is 1. The number of carbonyl (C=O) groups is 2. The van der Waals surface area contributed by atoms with E-state index in [0.29, 0.717) is 5.56 Å². The number of hydrogen-bond donors (Lipinski definition) is 1. The van der Waals surface area contributed by atoms with E-state index in [-0.39, 0.29) is 12.5 Å². The first kappa shape index (κ1) is 13.2. The fourth-order valence-electron chi connectivity index (χ4n) is 1.31. The van der Waals surface area contributed by atoms with E-state index in [1.54, 1.807) is 24.3 Å². The molecule has 0 radical (unpaired) electrons. The molecule has 0 fully saturated rings. The van der Waals surface area contributed by atoms with Crippen molar-refractivity contribution in [2.45, 2.75) is 6.04 Å². The number of rotatable bonds is 5. The zero-order chi connectivity index (χ0) is 12.7. The van der Waals surface area contributed by atoms with Crippen molar-refractivity contribution in [1.29, 1.82) is 0 Å². The lowest BCUT2D eigenvalue weighted by Crippen LogP contribution is -2.44. The van der Waals surface area contributed by atoms with E-state index >= 15 is 0 Å². The second-order valence-corrected chi connectivity index (χ2v) is 3.37. The molecule has 17 heavy (non-hydrogen) atoms. The highest BCUT2D eigenvalue weighted by molar-refractivity contribution is 5.96. The van der Waals surface area contributed by atoms with Crippen LogP contribution in [0.2, 0.25) is 0 Å². The highest BCUT2D eigenvalue weighted by Gasteiger charge is 2.21. The van der Waals surface area contributed by atoms with Gasteiger partial charge in [0.15, 0.2) is 6.04 Å². The monoisotopic (exact) mass is 237 g/mol. The topological polar surface area (TPSA) is 64.6 Å². The molecule has 5 heteroatoms. The average Bonchev–Trinajstić information content (AvgIpc) is 2.38.